The predicted octanol–water partition coefficient (Wildman–Crippen LogP) is 3.47. The number of aromatic nitrogens is 3. The summed E-state index contributed by atoms with van der Waals surface area (Å²) in [5.74, 6) is 1.11. The van der Waals surface area contributed by atoms with Crippen LogP contribution >= 0.6 is 11.3 Å². The summed E-state index contributed by atoms with van der Waals surface area (Å²) < 4.78 is 2.21. The van der Waals surface area contributed by atoms with Crippen molar-refractivity contribution in [2.24, 2.45) is 5.41 Å². The van der Waals surface area contributed by atoms with Crippen LogP contribution in [0.3, 0.4) is 0 Å². The molecule has 0 amide bonds. The SMILES string of the molecule is c1ccc(-n2ccnc2CN(Cc2nccs2)C2CC23CCNCC3)cc1. The molecule has 1 saturated carbocycles. The summed E-state index contributed by atoms with van der Waals surface area (Å²) in [6.45, 7) is 4.08. The molecule has 2 aliphatic rings. The highest BCUT2D eigenvalue weighted by atomic mass is 32.1. The van der Waals surface area contributed by atoms with E-state index in [1.165, 1.54) is 30.0 Å². The van der Waals surface area contributed by atoms with Gasteiger partial charge in [0.25, 0.3) is 0 Å². The second-order valence-electron chi connectivity index (χ2n) is 7.71. The van der Waals surface area contributed by atoms with Gasteiger partial charge in [-0.2, -0.15) is 0 Å². The Hall–Kier alpha value is -2.02. The zero-order valence-corrected chi connectivity index (χ0v) is 16.2. The molecule has 3 heterocycles. The minimum atomic E-state index is 0.507. The minimum Gasteiger partial charge on any atom is -0.317 e. The molecule has 5 rings (SSSR count). The quantitative estimate of drug-likeness (QED) is 0.712. The van der Waals surface area contributed by atoms with Crippen LogP contribution in [-0.4, -0.2) is 38.6 Å². The summed E-state index contributed by atoms with van der Waals surface area (Å²) in [4.78, 5) is 11.9. The maximum Gasteiger partial charge on any atom is 0.127 e. The van der Waals surface area contributed by atoms with Gasteiger partial charge in [0, 0.05) is 35.7 Å². The largest absolute Gasteiger partial charge is 0.317 e. The molecule has 27 heavy (non-hydrogen) atoms. The van der Waals surface area contributed by atoms with Crippen LogP contribution in [0.4, 0.5) is 0 Å². The van der Waals surface area contributed by atoms with E-state index in [4.69, 9.17) is 4.98 Å². The van der Waals surface area contributed by atoms with Gasteiger partial charge in [-0.05, 0) is 49.9 Å². The topological polar surface area (TPSA) is 46.0 Å². The van der Waals surface area contributed by atoms with E-state index >= 15 is 0 Å². The van der Waals surface area contributed by atoms with Gasteiger partial charge in [0.1, 0.15) is 10.8 Å². The standard InChI is InChI=1S/C21H25N5S/c1-2-4-17(5-3-1)26-12-10-23-19(26)15-25(16-20-24-11-13-27-20)18-14-21(18)6-8-22-9-7-21/h1-5,10-13,18,22H,6-9,14-16H2. The average Bonchev–Trinajstić information content (AvgIpc) is 3.10. The van der Waals surface area contributed by atoms with E-state index in [1.807, 2.05) is 12.4 Å². The Morgan fingerprint density at radius 3 is 2.74 bits per heavy atom. The molecule has 5 nitrogen and oxygen atoms in total. The summed E-state index contributed by atoms with van der Waals surface area (Å²) in [6, 6.07) is 11.1. The number of benzene rings is 1. The molecule has 1 aliphatic heterocycles. The van der Waals surface area contributed by atoms with Gasteiger partial charge in [-0.15, -0.1) is 11.3 Å². The molecule has 1 unspecified atom stereocenters. The molecule has 1 aromatic carbocycles. The van der Waals surface area contributed by atoms with E-state index in [-0.39, 0.29) is 0 Å². The molecule has 0 bridgehead atoms. The van der Waals surface area contributed by atoms with Crippen molar-refractivity contribution in [2.75, 3.05) is 13.1 Å². The average molecular weight is 380 g/mol. The van der Waals surface area contributed by atoms with E-state index in [2.05, 4.69) is 61.7 Å². The molecule has 2 fully saturated rings. The van der Waals surface area contributed by atoms with Gasteiger partial charge in [0.05, 0.1) is 13.1 Å². The number of piperidine rings is 1. The Kier molecular flexibility index (Phi) is 4.55. The van der Waals surface area contributed by atoms with E-state index in [0.717, 1.165) is 32.0 Å². The first-order chi connectivity index (χ1) is 13.3. The van der Waals surface area contributed by atoms with Crippen LogP contribution in [0, 0.1) is 5.41 Å². The normalized spacial score (nSPS) is 21.0. The third-order valence-corrected chi connectivity index (χ3v) is 6.87. The Bertz CT molecular complexity index is 867. The van der Waals surface area contributed by atoms with Crippen LogP contribution in [-0.2, 0) is 13.1 Å². The molecule has 6 heteroatoms. The first-order valence-electron chi connectivity index (χ1n) is 9.75. The number of nitrogens with one attached hydrogen (secondary N) is 1. The van der Waals surface area contributed by atoms with Crippen molar-refractivity contribution < 1.29 is 0 Å². The molecule has 1 spiro atoms. The molecule has 1 atom stereocenters. The summed E-state index contributed by atoms with van der Waals surface area (Å²) in [5, 5.41) is 6.79. The Balaban J connectivity index is 1.40. The van der Waals surface area contributed by atoms with E-state index in [0.29, 0.717) is 11.5 Å². The van der Waals surface area contributed by atoms with Gasteiger partial charge in [-0.1, -0.05) is 18.2 Å². The van der Waals surface area contributed by atoms with E-state index in [9.17, 15) is 0 Å². The molecular weight excluding hydrogens is 354 g/mol. The van der Waals surface area contributed by atoms with Gasteiger partial charge in [-0.25, -0.2) is 9.97 Å². The van der Waals surface area contributed by atoms with Gasteiger partial charge in [0.2, 0.25) is 0 Å². The van der Waals surface area contributed by atoms with Gasteiger partial charge in [-0.3, -0.25) is 4.90 Å². The minimum absolute atomic E-state index is 0.507. The number of rotatable bonds is 6. The monoisotopic (exact) mass is 379 g/mol. The maximum absolute atomic E-state index is 4.70. The van der Waals surface area contributed by atoms with Gasteiger partial charge >= 0.3 is 0 Å². The summed E-state index contributed by atoms with van der Waals surface area (Å²) in [7, 11) is 0. The van der Waals surface area contributed by atoms with Crippen LogP contribution in [0.1, 0.15) is 30.1 Å². The van der Waals surface area contributed by atoms with Crippen molar-refractivity contribution >= 4 is 11.3 Å². The van der Waals surface area contributed by atoms with Gasteiger partial charge in [0.15, 0.2) is 0 Å². The second-order valence-corrected chi connectivity index (χ2v) is 8.69. The fraction of sp³-hybridized carbons (Fsp3) is 0.429. The molecule has 3 aromatic rings. The van der Waals surface area contributed by atoms with Crippen LogP contribution in [0.25, 0.3) is 5.69 Å². The molecule has 1 aliphatic carbocycles. The predicted molar refractivity (Wildman–Crippen MR) is 108 cm³/mol. The lowest BCUT2D eigenvalue weighted by atomic mass is 9.93. The zero-order valence-electron chi connectivity index (χ0n) is 15.4. The summed E-state index contributed by atoms with van der Waals surface area (Å²) in [5.41, 5.74) is 1.68. The molecule has 2 aromatic heterocycles. The first kappa shape index (κ1) is 17.1. The molecule has 140 valence electrons. The first-order valence-corrected chi connectivity index (χ1v) is 10.6. The molecule has 1 N–H and O–H groups in total. The van der Waals surface area contributed by atoms with Crippen LogP contribution in [0.15, 0.2) is 54.3 Å². The number of hydrogen-bond acceptors (Lipinski definition) is 5. The number of para-hydroxylation sites is 1. The highest BCUT2D eigenvalue weighted by Crippen LogP contribution is 2.56. The smallest absolute Gasteiger partial charge is 0.127 e. The van der Waals surface area contributed by atoms with Crippen molar-refractivity contribution in [3.63, 3.8) is 0 Å². The Morgan fingerprint density at radius 2 is 1.96 bits per heavy atom. The number of nitrogens with zero attached hydrogens (tertiary/aromatic N) is 4. The molecule has 0 radical (unpaired) electrons. The van der Waals surface area contributed by atoms with Crippen molar-refractivity contribution in [3.05, 3.63) is 65.1 Å². The highest BCUT2D eigenvalue weighted by Gasteiger charge is 2.56. The maximum atomic E-state index is 4.70. The fourth-order valence-electron chi connectivity index (χ4n) is 4.54. The summed E-state index contributed by atoms with van der Waals surface area (Å²) in [6.07, 6.45) is 9.79. The third-order valence-electron chi connectivity index (χ3n) is 6.10. The lowest BCUT2D eigenvalue weighted by Gasteiger charge is -2.29. The van der Waals surface area contributed by atoms with Crippen molar-refractivity contribution in [1.82, 2.24) is 24.8 Å². The number of hydrogen-bond donors (Lipinski definition) is 1. The zero-order chi connectivity index (χ0) is 18.1. The highest BCUT2D eigenvalue weighted by molar-refractivity contribution is 7.09. The molecular formula is C21H25N5S. The van der Waals surface area contributed by atoms with Crippen molar-refractivity contribution in [3.8, 4) is 5.69 Å². The third kappa shape index (κ3) is 3.45. The lowest BCUT2D eigenvalue weighted by Crippen LogP contribution is -2.36. The van der Waals surface area contributed by atoms with E-state index in [1.54, 1.807) is 11.3 Å². The fourth-order valence-corrected chi connectivity index (χ4v) is 5.18. The number of thiazole rings is 1. The lowest BCUT2D eigenvalue weighted by molar-refractivity contribution is 0.183. The number of imidazole rings is 1. The van der Waals surface area contributed by atoms with Crippen molar-refractivity contribution in [1.29, 1.82) is 0 Å². The Morgan fingerprint density at radius 1 is 1.11 bits per heavy atom. The van der Waals surface area contributed by atoms with Gasteiger partial charge < -0.3 is 9.88 Å². The van der Waals surface area contributed by atoms with Crippen molar-refractivity contribution in [2.45, 2.75) is 38.4 Å². The van der Waals surface area contributed by atoms with Crippen LogP contribution in [0.2, 0.25) is 0 Å². The van der Waals surface area contributed by atoms with Crippen LogP contribution in [0.5, 0.6) is 0 Å². The second kappa shape index (κ2) is 7.19. The van der Waals surface area contributed by atoms with Crippen LogP contribution < -0.4 is 5.32 Å². The molecule has 1 saturated heterocycles. The summed E-state index contributed by atoms with van der Waals surface area (Å²) >= 11 is 1.75. The Labute approximate surface area is 164 Å². The van der Waals surface area contributed by atoms with E-state index < -0.39 is 0 Å².